The van der Waals surface area contributed by atoms with Gasteiger partial charge in [0.2, 0.25) is 0 Å². The molecule has 0 spiro atoms. The molecule has 3 rings (SSSR count). The number of amides is 1. The summed E-state index contributed by atoms with van der Waals surface area (Å²) in [5, 5.41) is 21.1. The van der Waals surface area contributed by atoms with Crippen LogP contribution in [0.5, 0.6) is 0 Å². The maximum atomic E-state index is 12.3. The Morgan fingerprint density at radius 1 is 1.07 bits per heavy atom. The Balaban J connectivity index is 1.45. The van der Waals surface area contributed by atoms with E-state index < -0.39 is 16.5 Å². The SMILES string of the molecule is O=C(COC(=O)C1(O)CCCCC1)N1CCN(c2ccc([N+](=O)[O-])cc2)CC1. The van der Waals surface area contributed by atoms with Crippen molar-refractivity contribution in [2.75, 3.05) is 37.7 Å². The van der Waals surface area contributed by atoms with Crippen LogP contribution in [0, 0.1) is 10.1 Å². The van der Waals surface area contributed by atoms with Crippen LogP contribution >= 0.6 is 0 Å². The second-order valence-corrected chi connectivity index (χ2v) is 7.31. The van der Waals surface area contributed by atoms with E-state index in [1.165, 1.54) is 12.1 Å². The average Bonchev–Trinajstić information content (AvgIpc) is 2.72. The van der Waals surface area contributed by atoms with Crippen molar-refractivity contribution < 1.29 is 24.4 Å². The molecule has 1 amide bonds. The van der Waals surface area contributed by atoms with Gasteiger partial charge in [0, 0.05) is 44.0 Å². The highest BCUT2D eigenvalue weighted by Crippen LogP contribution is 2.29. The monoisotopic (exact) mass is 391 g/mol. The number of ether oxygens (including phenoxy) is 1. The summed E-state index contributed by atoms with van der Waals surface area (Å²) in [6.07, 6.45) is 3.32. The zero-order valence-corrected chi connectivity index (χ0v) is 15.7. The molecule has 1 aromatic rings. The molecule has 28 heavy (non-hydrogen) atoms. The summed E-state index contributed by atoms with van der Waals surface area (Å²) in [6, 6.07) is 6.31. The van der Waals surface area contributed by atoms with Crippen LogP contribution in [0.2, 0.25) is 0 Å². The summed E-state index contributed by atoms with van der Waals surface area (Å²) in [5.74, 6) is -0.985. The highest BCUT2D eigenvalue weighted by molar-refractivity contribution is 5.84. The van der Waals surface area contributed by atoms with Crippen molar-refractivity contribution in [3.63, 3.8) is 0 Å². The van der Waals surface area contributed by atoms with E-state index in [-0.39, 0.29) is 18.2 Å². The molecular formula is C19H25N3O6. The number of hydrogen-bond acceptors (Lipinski definition) is 7. The summed E-state index contributed by atoms with van der Waals surface area (Å²) >= 11 is 0. The van der Waals surface area contributed by atoms with E-state index in [4.69, 9.17) is 4.74 Å². The molecule has 2 fully saturated rings. The van der Waals surface area contributed by atoms with Crippen molar-refractivity contribution in [1.82, 2.24) is 4.90 Å². The number of esters is 1. The van der Waals surface area contributed by atoms with Gasteiger partial charge in [-0.05, 0) is 37.8 Å². The lowest BCUT2D eigenvalue weighted by atomic mass is 9.85. The molecule has 0 atom stereocenters. The number of benzene rings is 1. The summed E-state index contributed by atoms with van der Waals surface area (Å²) in [7, 11) is 0. The standard InChI is InChI=1S/C19H25N3O6/c23-17(14-28-18(24)19(25)8-2-1-3-9-19)21-12-10-20(11-13-21)15-4-6-16(7-5-15)22(26)27/h4-7,25H,1-3,8-14H2. The number of hydrogen-bond donors (Lipinski definition) is 1. The molecule has 1 aromatic carbocycles. The fourth-order valence-corrected chi connectivity index (χ4v) is 3.69. The van der Waals surface area contributed by atoms with Gasteiger partial charge in [-0.2, -0.15) is 0 Å². The van der Waals surface area contributed by atoms with Crippen LogP contribution in [0.1, 0.15) is 32.1 Å². The van der Waals surface area contributed by atoms with Crippen molar-refractivity contribution in [1.29, 1.82) is 0 Å². The molecule has 1 saturated heterocycles. The number of nitro groups is 1. The Kier molecular flexibility index (Phi) is 6.13. The highest BCUT2D eigenvalue weighted by Gasteiger charge is 2.39. The van der Waals surface area contributed by atoms with Crippen LogP contribution in [0.25, 0.3) is 0 Å². The minimum Gasteiger partial charge on any atom is -0.453 e. The van der Waals surface area contributed by atoms with E-state index in [9.17, 15) is 24.8 Å². The first-order valence-corrected chi connectivity index (χ1v) is 9.56. The minimum atomic E-state index is -1.45. The van der Waals surface area contributed by atoms with E-state index in [0.717, 1.165) is 24.9 Å². The summed E-state index contributed by atoms with van der Waals surface area (Å²) in [5.41, 5.74) is -0.546. The van der Waals surface area contributed by atoms with Crippen LogP contribution in [-0.2, 0) is 14.3 Å². The van der Waals surface area contributed by atoms with Crippen LogP contribution < -0.4 is 4.90 Å². The maximum absolute atomic E-state index is 12.3. The van der Waals surface area contributed by atoms with E-state index >= 15 is 0 Å². The first kappa shape index (κ1) is 20.1. The quantitative estimate of drug-likeness (QED) is 0.459. The Bertz CT molecular complexity index is 722. The summed E-state index contributed by atoms with van der Waals surface area (Å²) in [4.78, 5) is 38.4. The molecule has 1 aliphatic carbocycles. The Morgan fingerprint density at radius 3 is 2.25 bits per heavy atom. The van der Waals surface area contributed by atoms with Crippen molar-refractivity contribution in [3.8, 4) is 0 Å². The molecule has 0 unspecified atom stereocenters. The van der Waals surface area contributed by atoms with Gasteiger partial charge >= 0.3 is 5.97 Å². The van der Waals surface area contributed by atoms with E-state index in [0.29, 0.717) is 39.0 Å². The van der Waals surface area contributed by atoms with Gasteiger partial charge in [-0.1, -0.05) is 6.42 Å². The third-order valence-corrected chi connectivity index (χ3v) is 5.45. The Morgan fingerprint density at radius 2 is 1.68 bits per heavy atom. The molecule has 0 radical (unpaired) electrons. The molecule has 0 aromatic heterocycles. The molecule has 152 valence electrons. The first-order chi connectivity index (χ1) is 13.4. The van der Waals surface area contributed by atoms with Gasteiger partial charge in [0.05, 0.1) is 4.92 Å². The molecule has 1 heterocycles. The zero-order chi connectivity index (χ0) is 20.1. The molecule has 9 nitrogen and oxygen atoms in total. The number of anilines is 1. The van der Waals surface area contributed by atoms with Crippen LogP contribution in [0.3, 0.4) is 0 Å². The average molecular weight is 391 g/mol. The topological polar surface area (TPSA) is 113 Å². The fraction of sp³-hybridized carbons (Fsp3) is 0.579. The van der Waals surface area contributed by atoms with E-state index in [1.807, 2.05) is 4.90 Å². The van der Waals surface area contributed by atoms with Crippen LogP contribution in [-0.4, -0.2) is 65.2 Å². The predicted octanol–water partition coefficient (Wildman–Crippen LogP) is 1.48. The number of nitro benzene ring substituents is 1. The Labute approximate surface area is 163 Å². The maximum Gasteiger partial charge on any atom is 0.338 e. The summed E-state index contributed by atoms with van der Waals surface area (Å²) < 4.78 is 5.09. The highest BCUT2D eigenvalue weighted by atomic mass is 16.6. The largest absolute Gasteiger partial charge is 0.453 e. The van der Waals surface area contributed by atoms with Crippen molar-refractivity contribution in [2.45, 2.75) is 37.7 Å². The van der Waals surface area contributed by atoms with E-state index in [1.54, 1.807) is 17.0 Å². The van der Waals surface area contributed by atoms with Crippen molar-refractivity contribution >= 4 is 23.3 Å². The molecular weight excluding hydrogens is 366 g/mol. The molecule has 9 heteroatoms. The second kappa shape index (κ2) is 8.55. The van der Waals surface area contributed by atoms with Crippen LogP contribution in [0.15, 0.2) is 24.3 Å². The Hall–Kier alpha value is -2.68. The second-order valence-electron chi connectivity index (χ2n) is 7.31. The number of rotatable bonds is 5. The fourth-order valence-electron chi connectivity index (χ4n) is 3.69. The molecule has 2 aliphatic rings. The lowest BCUT2D eigenvalue weighted by Gasteiger charge is -2.36. The number of carbonyl (C=O) groups is 2. The van der Waals surface area contributed by atoms with Gasteiger partial charge in [0.25, 0.3) is 11.6 Å². The normalized spacial score (nSPS) is 19.2. The smallest absolute Gasteiger partial charge is 0.338 e. The van der Waals surface area contributed by atoms with Gasteiger partial charge in [0.15, 0.2) is 12.2 Å². The van der Waals surface area contributed by atoms with Crippen molar-refractivity contribution in [2.24, 2.45) is 0 Å². The molecule has 1 saturated carbocycles. The summed E-state index contributed by atoms with van der Waals surface area (Å²) in [6.45, 7) is 1.75. The molecule has 0 bridgehead atoms. The number of nitrogens with zero attached hydrogens (tertiary/aromatic N) is 3. The van der Waals surface area contributed by atoms with Gasteiger partial charge in [-0.3, -0.25) is 14.9 Å². The lowest BCUT2D eigenvalue weighted by Crippen LogP contribution is -2.50. The van der Waals surface area contributed by atoms with Gasteiger partial charge in [0.1, 0.15) is 0 Å². The van der Waals surface area contributed by atoms with Crippen molar-refractivity contribution in [3.05, 3.63) is 34.4 Å². The zero-order valence-electron chi connectivity index (χ0n) is 15.7. The third-order valence-electron chi connectivity index (χ3n) is 5.45. The molecule has 1 aliphatic heterocycles. The number of carbonyl (C=O) groups excluding carboxylic acids is 2. The van der Waals surface area contributed by atoms with Gasteiger partial charge in [-0.15, -0.1) is 0 Å². The number of non-ortho nitro benzene ring substituents is 1. The van der Waals surface area contributed by atoms with E-state index in [2.05, 4.69) is 0 Å². The molecule has 1 N–H and O–H groups in total. The van der Waals surface area contributed by atoms with Crippen LogP contribution in [0.4, 0.5) is 11.4 Å². The minimum absolute atomic E-state index is 0.0407. The number of aliphatic hydroxyl groups is 1. The third kappa shape index (κ3) is 4.59. The van der Waals surface area contributed by atoms with Gasteiger partial charge in [-0.25, -0.2) is 4.79 Å². The van der Waals surface area contributed by atoms with Gasteiger partial charge < -0.3 is 19.6 Å². The predicted molar refractivity (Wildman–Crippen MR) is 101 cm³/mol. The number of piperazine rings is 1. The first-order valence-electron chi connectivity index (χ1n) is 9.56. The lowest BCUT2D eigenvalue weighted by molar-refractivity contribution is -0.384.